The van der Waals surface area contributed by atoms with E-state index in [0.717, 1.165) is 30.6 Å². The molecule has 0 amide bonds. The van der Waals surface area contributed by atoms with Crippen molar-refractivity contribution in [2.24, 2.45) is 5.92 Å². The molecule has 0 atom stereocenters. The Kier molecular flexibility index (Phi) is 8.08. The zero-order valence-electron chi connectivity index (χ0n) is 10.9. The van der Waals surface area contributed by atoms with Gasteiger partial charge in [0.05, 0.1) is 6.10 Å². The van der Waals surface area contributed by atoms with Crippen molar-refractivity contribution in [1.82, 2.24) is 17.7 Å². The van der Waals surface area contributed by atoms with E-state index in [1.54, 1.807) is 24.1 Å². The van der Waals surface area contributed by atoms with Gasteiger partial charge in [0.2, 0.25) is 0 Å². The van der Waals surface area contributed by atoms with Gasteiger partial charge >= 0.3 is 0 Å². The summed E-state index contributed by atoms with van der Waals surface area (Å²) < 4.78 is 12.8. The van der Waals surface area contributed by atoms with Crippen LogP contribution in [0, 0.1) is 5.92 Å². The predicted molar refractivity (Wildman–Crippen MR) is 89.2 cm³/mol. The molecule has 2 fully saturated rings. The number of hydrogen-bond donors (Lipinski definition) is 5. The van der Waals surface area contributed by atoms with Gasteiger partial charge in [-0.25, -0.2) is 4.72 Å². The van der Waals surface area contributed by atoms with Gasteiger partial charge in [0.25, 0.3) is 0 Å². The molecule has 0 heterocycles. The van der Waals surface area contributed by atoms with E-state index in [9.17, 15) is 0 Å². The van der Waals surface area contributed by atoms with Crippen LogP contribution in [0.15, 0.2) is 0 Å². The summed E-state index contributed by atoms with van der Waals surface area (Å²) in [5.74, 6) is 0.809. The maximum absolute atomic E-state index is 9.16. The first-order valence-electron chi connectivity index (χ1n) is 6.48. The quantitative estimate of drug-likeness (QED) is 0.301. The molecule has 2 rings (SSSR count). The lowest BCUT2D eigenvalue weighted by Gasteiger charge is -2.34. The first-order chi connectivity index (χ1) is 9.28. The van der Waals surface area contributed by atoms with Gasteiger partial charge in [0.15, 0.2) is 0 Å². The third-order valence-electron chi connectivity index (χ3n) is 3.32. The van der Waals surface area contributed by atoms with Crippen LogP contribution in [0.1, 0.15) is 25.7 Å². The highest BCUT2D eigenvalue weighted by Crippen LogP contribution is 2.36. The lowest BCUT2D eigenvalue weighted by atomic mass is 9.85. The fourth-order valence-electron chi connectivity index (χ4n) is 1.99. The van der Waals surface area contributed by atoms with E-state index in [2.05, 4.69) is 17.7 Å². The zero-order valence-corrected chi connectivity index (χ0v) is 14.2. The maximum atomic E-state index is 9.16. The Bertz CT molecular complexity index is 252. The molecular weight excluding hydrogens is 320 g/mol. The Morgan fingerprint density at radius 1 is 1.00 bits per heavy atom. The standard InChI is InChI=1S/C10H22N4OS4/c1-11-18-13-16-9-2-7(3-9)6-12-19-14-17-10-4-8(15)5-10/h7-15H,2-6H2,1H3/t7-,8?,9+,10?. The van der Waals surface area contributed by atoms with Gasteiger partial charge in [-0.2, -0.15) is 8.25 Å². The van der Waals surface area contributed by atoms with Crippen LogP contribution in [0.25, 0.3) is 0 Å². The summed E-state index contributed by atoms with van der Waals surface area (Å²) in [6.45, 7) is 1.07. The molecule has 2 saturated carbocycles. The Balaban J connectivity index is 1.33. The second kappa shape index (κ2) is 9.26. The zero-order chi connectivity index (χ0) is 13.5. The minimum atomic E-state index is -0.0589. The predicted octanol–water partition coefficient (Wildman–Crippen LogP) is 1.70. The molecule has 0 spiro atoms. The summed E-state index contributed by atoms with van der Waals surface area (Å²) in [4.78, 5) is 0. The Morgan fingerprint density at radius 3 is 2.26 bits per heavy atom. The van der Waals surface area contributed by atoms with E-state index < -0.39 is 0 Å². The monoisotopic (exact) mass is 342 g/mol. The number of aliphatic hydroxyl groups excluding tert-OH is 1. The first-order valence-corrected chi connectivity index (χ1v) is 9.87. The van der Waals surface area contributed by atoms with Crippen LogP contribution in [0.3, 0.4) is 0 Å². The van der Waals surface area contributed by atoms with Crippen molar-refractivity contribution in [1.29, 1.82) is 0 Å². The molecule has 0 aromatic carbocycles. The summed E-state index contributed by atoms with van der Waals surface area (Å²) in [5.41, 5.74) is 0. The van der Waals surface area contributed by atoms with E-state index in [0.29, 0.717) is 5.25 Å². The van der Waals surface area contributed by atoms with Gasteiger partial charge < -0.3 is 5.11 Å². The number of nitrogens with one attached hydrogen (secondary N) is 4. The molecule has 0 aromatic rings. The highest BCUT2D eigenvalue weighted by molar-refractivity contribution is 8.12. The first kappa shape index (κ1) is 16.6. The lowest BCUT2D eigenvalue weighted by Crippen LogP contribution is -2.35. The Morgan fingerprint density at radius 2 is 1.63 bits per heavy atom. The van der Waals surface area contributed by atoms with Crippen molar-refractivity contribution >= 4 is 48.2 Å². The molecule has 5 nitrogen and oxygen atoms in total. The van der Waals surface area contributed by atoms with Gasteiger partial charge in [-0.15, -0.1) is 0 Å². The van der Waals surface area contributed by atoms with Crippen LogP contribution in [0.5, 0.6) is 0 Å². The van der Waals surface area contributed by atoms with Crippen molar-refractivity contribution in [3.05, 3.63) is 0 Å². The molecule has 112 valence electrons. The van der Waals surface area contributed by atoms with Crippen molar-refractivity contribution in [3.63, 3.8) is 0 Å². The summed E-state index contributed by atoms with van der Waals surface area (Å²) in [6, 6.07) is 0. The number of hydrogen-bond acceptors (Lipinski definition) is 9. The Labute approximate surface area is 132 Å². The van der Waals surface area contributed by atoms with Crippen LogP contribution in [-0.4, -0.2) is 35.3 Å². The van der Waals surface area contributed by atoms with Gasteiger partial charge in [-0.3, -0.25) is 4.72 Å². The molecule has 0 radical (unpaired) electrons. The molecule has 0 bridgehead atoms. The minimum absolute atomic E-state index is 0.0589. The number of aliphatic hydroxyl groups is 1. The smallest absolute Gasteiger partial charge is 0.0562 e. The fraction of sp³-hybridized carbons (Fsp3) is 1.00. The second-order valence-corrected chi connectivity index (χ2v) is 9.11. The number of rotatable bonds is 10. The molecule has 9 heteroatoms. The molecule has 0 aliphatic heterocycles. The van der Waals surface area contributed by atoms with Crippen molar-refractivity contribution in [2.75, 3.05) is 13.6 Å². The topological polar surface area (TPSA) is 68.3 Å². The Hall–Kier alpha value is 1.20. The largest absolute Gasteiger partial charge is 0.393 e. The highest BCUT2D eigenvalue weighted by atomic mass is 32.2. The van der Waals surface area contributed by atoms with Crippen molar-refractivity contribution < 1.29 is 5.11 Å². The average molecular weight is 343 g/mol. The average Bonchev–Trinajstić information content (AvgIpc) is 2.31. The highest BCUT2D eigenvalue weighted by Gasteiger charge is 2.29. The molecule has 0 unspecified atom stereocenters. The molecule has 19 heavy (non-hydrogen) atoms. The maximum Gasteiger partial charge on any atom is 0.0562 e. The van der Waals surface area contributed by atoms with E-state index in [4.69, 9.17) is 5.11 Å². The van der Waals surface area contributed by atoms with Crippen LogP contribution in [-0.2, 0) is 0 Å². The SMILES string of the molecule is CNSNS[C@H]1C[C@@H](CNSNSC2CC(O)C2)C1. The van der Waals surface area contributed by atoms with E-state index in [1.165, 1.54) is 25.0 Å². The normalized spacial score (nSPS) is 33.8. The third-order valence-corrected chi connectivity index (χ3v) is 6.71. The molecule has 0 aromatic heterocycles. The summed E-state index contributed by atoms with van der Waals surface area (Å²) >= 11 is 6.66. The van der Waals surface area contributed by atoms with Crippen LogP contribution >= 0.6 is 48.2 Å². The van der Waals surface area contributed by atoms with Gasteiger partial charge in [-0.05, 0) is 38.6 Å². The summed E-state index contributed by atoms with van der Waals surface area (Å²) in [5, 5.41) is 10.5. The molecular formula is C10H22N4OS4. The molecule has 2 aliphatic rings. The van der Waals surface area contributed by atoms with Crippen molar-refractivity contribution in [2.45, 2.75) is 42.3 Å². The van der Waals surface area contributed by atoms with Gasteiger partial charge in [0.1, 0.15) is 0 Å². The van der Waals surface area contributed by atoms with Crippen molar-refractivity contribution in [3.8, 4) is 0 Å². The van der Waals surface area contributed by atoms with Crippen LogP contribution < -0.4 is 17.7 Å². The third kappa shape index (κ3) is 6.23. The van der Waals surface area contributed by atoms with Crippen LogP contribution in [0.2, 0.25) is 0 Å². The molecule has 2 aliphatic carbocycles. The summed E-state index contributed by atoms with van der Waals surface area (Å²) in [7, 11) is 1.91. The minimum Gasteiger partial charge on any atom is -0.393 e. The molecule has 0 saturated heterocycles. The van der Waals surface area contributed by atoms with E-state index in [1.807, 2.05) is 19.0 Å². The van der Waals surface area contributed by atoms with Gasteiger partial charge in [-0.1, -0.05) is 23.9 Å². The van der Waals surface area contributed by atoms with E-state index in [-0.39, 0.29) is 6.10 Å². The lowest BCUT2D eigenvalue weighted by molar-refractivity contribution is 0.101. The van der Waals surface area contributed by atoms with E-state index >= 15 is 0 Å². The van der Waals surface area contributed by atoms with Gasteiger partial charge in [0, 0.05) is 41.3 Å². The van der Waals surface area contributed by atoms with Crippen LogP contribution in [0.4, 0.5) is 0 Å². The second-order valence-electron chi connectivity index (χ2n) is 4.87. The fourth-order valence-corrected chi connectivity index (χ4v) is 5.72. The molecule has 5 N–H and O–H groups in total. The summed E-state index contributed by atoms with van der Waals surface area (Å²) in [6.07, 6.45) is 4.38.